The van der Waals surface area contributed by atoms with Crippen molar-refractivity contribution in [1.29, 1.82) is 0 Å². The maximum atomic E-state index is 3.99. The van der Waals surface area contributed by atoms with E-state index in [2.05, 4.69) is 16.7 Å². The highest BCUT2D eigenvalue weighted by molar-refractivity contribution is 5.86. The quantitative estimate of drug-likeness (QED) is 0.397. The zero-order chi connectivity index (χ0) is 7.11. The Kier molecular flexibility index (Phi) is 4.69. The molecule has 9 heavy (non-hydrogen) atoms. The fourth-order valence-corrected chi connectivity index (χ4v) is 0.404. The number of allylic oxidation sites excluding steroid dienone is 1. The minimum atomic E-state index is 0.785. The molecule has 0 saturated carbocycles. The summed E-state index contributed by atoms with van der Waals surface area (Å²) in [4.78, 5) is 7.68. The van der Waals surface area contributed by atoms with Crippen molar-refractivity contribution in [1.82, 2.24) is 0 Å². The first-order valence-corrected chi connectivity index (χ1v) is 2.99. The Morgan fingerprint density at radius 1 is 1.67 bits per heavy atom. The second-order valence-electron chi connectivity index (χ2n) is 1.54. The minimum Gasteiger partial charge on any atom is -0.249 e. The van der Waals surface area contributed by atoms with Gasteiger partial charge in [0.25, 0.3) is 0 Å². The molecule has 0 amide bonds. The summed E-state index contributed by atoms with van der Waals surface area (Å²) >= 11 is 0. The summed E-state index contributed by atoms with van der Waals surface area (Å²) in [6.45, 7) is 7.28. The van der Waals surface area contributed by atoms with Crippen LogP contribution in [0.1, 0.15) is 20.3 Å². The van der Waals surface area contributed by atoms with Crippen molar-refractivity contribution in [3.8, 4) is 0 Å². The van der Waals surface area contributed by atoms with Crippen molar-refractivity contribution in [2.75, 3.05) is 0 Å². The minimum absolute atomic E-state index is 0.785. The van der Waals surface area contributed by atoms with Crippen LogP contribution in [-0.4, -0.2) is 12.6 Å². The van der Waals surface area contributed by atoms with Gasteiger partial charge in [-0.25, -0.2) is 9.98 Å². The third-order valence-electron chi connectivity index (χ3n) is 0.871. The smallest absolute Gasteiger partial charge is 0.127 e. The summed E-state index contributed by atoms with van der Waals surface area (Å²) in [5, 5.41) is 0. The van der Waals surface area contributed by atoms with Crippen LogP contribution in [0, 0.1) is 0 Å². The zero-order valence-corrected chi connectivity index (χ0v) is 5.96. The number of amidine groups is 1. The number of hydrogen-bond donors (Lipinski definition) is 0. The molecular weight excluding hydrogens is 112 g/mol. The van der Waals surface area contributed by atoms with Crippen LogP contribution in [0.4, 0.5) is 0 Å². The Morgan fingerprint density at radius 3 is 2.67 bits per heavy atom. The van der Waals surface area contributed by atoms with E-state index >= 15 is 0 Å². The molecule has 0 radical (unpaired) electrons. The maximum Gasteiger partial charge on any atom is 0.127 e. The second-order valence-corrected chi connectivity index (χ2v) is 1.54. The predicted molar refractivity (Wildman–Crippen MR) is 42.1 cm³/mol. The predicted octanol–water partition coefficient (Wildman–Crippen LogP) is 2.03. The molecule has 0 aromatic rings. The Hall–Kier alpha value is -0.920. The van der Waals surface area contributed by atoms with Gasteiger partial charge in [0.15, 0.2) is 0 Å². The molecule has 0 rings (SSSR count). The first-order valence-electron chi connectivity index (χ1n) is 2.99. The van der Waals surface area contributed by atoms with Gasteiger partial charge in [0.2, 0.25) is 0 Å². The third-order valence-corrected chi connectivity index (χ3v) is 0.871. The summed E-state index contributed by atoms with van der Waals surface area (Å²) in [6, 6.07) is 0. The summed E-state index contributed by atoms with van der Waals surface area (Å²) in [5.74, 6) is 0.785. The summed E-state index contributed by atoms with van der Waals surface area (Å²) < 4.78 is 0. The standard InChI is InChI=1S/C7H12N2/c1-4-6-9-7(5-2)8-3/h4,6H,3,5H2,1-2H3/b6-4-,9-7-. The molecule has 0 atom stereocenters. The number of rotatable bonds is 2. The van der Waals surface area contributed by atoms with Gasteiger partial charge in [0.05, 0.1) is 0 Å². The molecule has 0 aliphatic heterocycles. The van der Waals surface area contributed by atoms with Crippen molar-refractivity contribution in [3.63, 3.8) is 0 Å². The Morgan fingerprint density at radius 2 is 2.33 bits per heavy atom. The maximum absolute atomic E-state index is 3.99. The van der Waals surface area contributed by atoms with Gasteiger partial charge in [-0.2, -0.15) is 0 Å². The average Bonchev–Trinajstić information content (AvgIpc) is 1.91. The van der Waals surface area contributed by atoms with Crippen LogP contribution in [0.3, 0.4) is 0 Å². The van der Waals surface area contributed by atoms with Crippen LogP contribution in [0.2, 0.25) is 0 Å². The van der Waals surface area contributed by atoms with E-state index in [1.807, 2.05) is 19.9 Å². The summed E-state index contributed by atoms with van der Waals surface area (Å²) in [5.41, 5.74) is 0. The van der Waals surface area contributed by atoms with Gasteiger partial charge in [-0.3, -0.25) is 0 Å². The molecule has 0 aromatic heterocycles. The highest BCUT2D eigenvalue weighted by Crippen LogP contribution is 1.87. The molecule has 0 heterocycles. The average molecular weight is 124 g/mol. The van der Waals surface area contributed by atoms with E-state index in [9.17, 15) is 0 Å². The van der Waals surface area contributed by atoms with Gasteiger partial charge >= 0.3 is 0 Å². The topological polar surface area (TPSA) is 24.7 Å². The van der Waals surface area contributed by atoms with E-state index in [1.54, 1.807) is 6.20 Å². The van der Waals surface area contributed by atoms with Gasteiger partial charge < -0.3 is 0 Å². The second kappa shape index (κ2) is 5.22. The molecule has 2 nitrogen and oxygen atoms in total. The molecule has 0 N–H and O–H groups in total. The molecule has 50 valence electrons. The number of aliphatic imine (C=N–C) groups is 2. The van der Waals surface area contributed by atoms with Gasteiger partial charge in [0.1, 0.15) is 5.84 Å². The molecule has 0 unspecified atom stereocenters. The van der Waals surface area contributed by atoms with Crippen LogP contribution >= 0.6 is 0 Å². The van der Waals surface area contributed by atoms with Crippen LogP contribution < -0.4 is 0 Å². The van der Waals surface area contributed by atoms with Gasteiger partial charge in [-0.05, 0) is 13.6 Å². The van der Waals surface area contributed by atoms with E-state index in [4.69, 9.17) is 0 Å². The molecule has 2 heteroatoms. The monoisotopic (exact) mass is 124 g/mol. The fraction of sp³-hybridized carbons (Fsp3) is 0.429. The molecule has 0 bridgehead atoms. The van der Waals surface area contributed by atoms with Gasteiger partial charge in [-0.1, -0.05) is 13.0 Å². The van der Waals surface area contributed by atoms with E-state index < -0.39 is 0 Å². The molecule has 0 spiro atoms. The van der Waals surface area contributed by atoms with E-state index in [0.717, 1.165) is 12.3 Å². The van der Waals surface area contributed by atoms with E-state index in [-0.39, 0.29) is 0 Å². The normalized spacial score (nSPS) is 12.4. The van der Waals surface area contributed by atoms with Gasteiger partial charge in [0, 0.05) is 12.6 Å². The molecular formula is C7H12N2. The van der Waals surface area contributed by atoms with E-state index in [0.29, 0.717) is 0 Å². The molecule has 0 aliphatic carbocycles. The fourth-order valence-electron chi connectivity index (χ4n) is 0.404. The van der Waals surface area contributed by atoms with Crippen LogP contribution in [0.5, 0.6) is 0 Å². The SMILES string of the molecule is C=N/C(CC)=N\C=C/C. The summed E-state index contributed by atoms with van der Waals surface area (Å²) in [6.07, 6.45) is 4.42. The van der Waals surface area contributed by atoms with Crippen molar-refractivity contribution in [2.24, 2.45) is 9.98 Å². The van der Waals surface area contributed by atoms with E-state index in [1.165, 1.54) is 0 Å². The lowest BCUT2D eigenvalue weighted by molar-refractivity contribution is 1.24. The first-order chi connectivity index (χ1) is 4.35. The molecule has 0 fully saturated rings. The van der Waals surface area contributed by atoms with Crippen molar-refractivity contribution >= 4 is 12.6 Å². The van der Waals surface area contributed by atoms with Gasteiger partial charge in [-0.15, -0.1) is 0 Å². The lowest BCUT2D eigenvalue weighted by Gasteiger charge is -1.88. The molecule has 0 aliphatic rings. The van der Waals surface area contributed by atoms with Crippen molar-refractivity contribution in [2.45, 2.75) is 20.3 Å². The Balaban J connectivity index is 3.90. The number of nitrogens with zero attached hydrogens (tertiary/aromatic N) is 2. The van der Waals surface area contributed by atoms with Crippen LogP contribution in [-0.2, 0) is 0 Å². The Labute approximate surface area is 56.0 Å². The lowest BCUT2D eigenvalue weighted by atomic mass is 10.4. The summed E-state index contributed by atoms with van der Waals surface area (Å²) in [7, 11) is 0. The number of hydrogen-bond acceptors (Lipinski definition) is 1. The Bertz CT molecular complexity index is 134. The van der Waals surface area contributed by atoms with Crippen molar-refractivity contribution < 1.29 is 0 Å². The highest BCUT2D eigenvalue weighted by atomic mass is 14.9. The lowest BCUT2D eigenvalue weighted by Crippen LogP contribution is -1.86. The molecule has 0 saturated heterocycles. The first kappa shape index (κ1) is 8.08. The van der Waals surface area contributed by atoms with Crippen LogP contribution in [0.15, 0.2) is 22.3 Å². The van der Waals surface area contributed by atoms with Crippen LogP contribution in [0.25, 0.3) is 0 Å². The highest BCUT2D eigenvalue weighted by Gasteiger charge is 1.83. The van der Waals surface area contributed by atoms with Crippen molar-refractivity contribution in [3.05, 3.63) is 12.3 Å². The third kappa shape index (κ3) is 3.64. The zero-order valence-electron chi connectivity index (χ0n) is 5.96. The largest absolute Gasteiger partial charge is 0.249 e. The molecule has 0 aromatic carbocycles.